The minimum atomic E-state index is 0.332. The van der Waals surface area contributed by atoms with Crippen LogP contribution in [0.25, 0.3) is 0 Å². The number of benzene rings is 1. The van der Waals surface area contributed by atoms with Crippen molar-refractivity contribution in [2.75, 3.05) is 0 Å². The van der Waals surface area contributed by atoms with E-state index in [1.54, 1.807) is 0 Å². The summed E-state index contributed by atoms with van der Waals surface area (Å²) in [4.78, 5) is 0. The second kappa shape index (κ2) is 4.37. The van der Waals surface area contributed by atoms with E-state index in [0.717, 1.165) is 22.2 Å². The fraction of sp³-hybridized carbons (Fsp3) is 0.333. The van der Waals surface area contributed by atoms with Gasteiger partial charge in [0, 0.05) is 16.8 Å². The number of hydrogen-bond acceptors (Lipinski definition) is 3. The summed E-state index contributed by atoms with van der Waals surface area (Å²) in [5, 5.41) is 8.16. The first-order valence-corrected chi connectivity index (χ1v) is 6.03. The van der Waals surface area contributed by atoms with Gasteiger partial charge in [0.05, 0.1) is 5.71 Å². The molecule has 1 aromatic carbocycles. The van der Waals surface area contributed by atoms with Crippen LogP contribution in [-0.2, 0) is 0 Å². The molecular formula is C12H14BrN3. The van der Waals surface area contributed by atoms with Gasteiger partial charge >= 0.3 is 0 Å². The zero-order valence-electron chi connectivity index (χ0n) is 9.37. The lowest BCUT2D eigenvalue weighted by Gasteiger charge is -2.17. The Balaban J connectivity index is 2.41. The number of aryl methyl sites for hydroxylation is 1. The second-order valence-corrected chi connectivity index (χ2v) is 5.00. The van der Waals surface area contributed by atoms with Gasteiger partial charge in [0.2, 0.25) is 0 Å². The molecule has 0 saturated carbocycles. The predicted octanol–water partition coefficient (Wildman–Crippen LogP) is 2.86. The van der Waals surface area contributed by atoms with Crippen LogP contribution in [0.2, 0.25) is 0 Å². The summed E-state index contributed by atoms with van der Waals surface area (Å²) in [6.45, 7) is 4.19. The molecule has 16 heavy (non-hydrogen) atoms. The fourth-order valence-corrected chi connectivity index (χ4v) is 2.06. The number of nitrogens with two attached hydrogens (primary N) is 1. The predicted molar refractivity (Wildman–Crippen MR) is 70.8 cm³/mol. The highest BCUT2D eigenvalue weighted by Crippen LogP contribution is 2.22. The van der Waals surface area contributed by atoms with E-state index in [2.05, 4.69) is 52.1 Å². The van der Waals surface area contributed by atoms with E-state index in [-0.39, 0.29) is 0 Å². The van der Waals surface area contributed by atoms with Crippen molar-refractivity contribution >= 4 is 27.5 Å². The molecule has 4 heteroatoms. The van der Waals surface area contributed by atoms with Crippen LogP contribution >= 0.6 is 15.9 Å². The summed E-state index contributed by atoms with van der Waals surface area (Å²) >= 11 is 3.49. The molecule has 0 aliphatic carbocycles. The molecule has 2 rings (SSSR count). The van der Waals surface area contributed by atoms with Gasteiger partial charge in [-0.25, -0.2) is 0 Å². The summed E-state index contributed by atoms with van der Waals surface area (Å²) in [5.41, 5.74) is 9.01. The normalized spacial score (nSPS) is 20.3. The highest BCUT2D eigenvalue weighted by molar-refractivity contribution is 9.10. The van der Waals surface area contributed by atoms with Crippen LogP contribution in [-0.4, -0.2) is 11.5 Å². The highest BCUT2D eigenvalue weighted by Gasteiger charge is 2.18. The number of hydrogen-bond donors (Lipinski definition) is 1. The number of rotatable bonds is 1. The topological polar surface area (TPSA) is 50.7 Å². The first kappa shape index (κ1) is 11.3. The standard InChI is InChI=1S/C12H14BrN3/c1-7-5-9(3-4-10(7)13)12-8(2)6-11(14)15-16-12/h3-5,8H,6H2,1-2H3,(H2,14,15). The van der Waals surface area contributed by atoms with Crippen molar-refractivity contribution in [2.24, 2.45) is 21.9 Å². The van der Waals surface area contributed by atoms with Gasteiger partial charge in [-0.3, -0.25) is 0 Å². The number of amidine groups is 1. The molecule has 0 saturated heterocycles. The zero-order chi connectivity index (χ0) is 11.7. The fourth-order valence-electron chi connectivity index (χ4n) is 1.81. The van der Waals surface area contributed by atoms with Crippen LogP contribution in [0.5, 0.6) is 0 Å². The maximum atomic E-state index is 5.65. The van der Waals surface area contributed by atoms with E-state index in [0.29, 0.717) is 11.8 Å². The van der Waals surface area contributed by atoms with Crippen LogP contribution in [0.15, 0.2) is 32.9 Å². The Hall–Kier alpha value is -1.16. The minimum absolute atomic E-state index is 0.332. The quantitative estimate of drug-likeness (QED) is 0.845. The highest BCUT2D eigenvalue weighted by atomic mass is 79.9. The molecular weight excluding hydrogens is 266 g/mol. The van der Waals surface area contributed by atoms with Crippen LogP contribution in [0.4, 0.5) is 0 Å². The van der Waals surface area contributed by atoms with E-state index in [1.165, 1.54) is 5.56 Å². The maximum Gasteiger partial charge on any atom is 0.123 e. The first-order chi connectivity index (χ1) is 7.58. The van der Waals surface area contributed by atoms with Crippen LogP contribution in [0.3, 0.4) is 0 Å². The van der Waals surface area contributed by atoms with Crippen LogP contribution < -0.4 is 5.73 Å². The average molecular weight is 280 g/mol. The van der Waals surface area contributed by atoms with Crippen molar-refractivity contribution in [1.82, 2.24) is 0 Å². The lowest BCUT2D eigenvalue weighted by atomic mass is 9.93. The molecule has 1 atom stereocenters. The van der Waals surface area contributed by atoms with Gasteiger partial charge in [-0.05, 0) is 30.2 Å². The Morgan fingerprint density at radius 2 is 2.12 bits per heavy atom. The lowest BCUT2D eigenvalue weighted by molar-refractivity contribution is 0.783. The maximum absolute atomic E-state index is 5.65. The van der Waals surface area contributed by atoms with Crippen molar-refractivity contribution in [1.29, 1.82) is 0 Å². The molecule has 1 aromatic rings. The van der Waals surface area contributed by atoms with Gasteiger partial charge in [-0.15, -0.1) is 5.10 Å². The third kappa shape index (κ3) is 2.16. The summed E-state index contributed by atoms with van der Waals surface area (Å²) in [6.07, 6.45) is 0.786. The van der Waals surface area contributed by atoms with Crippen molar-refractivity contribution in [3.05, 3.63) is 33.8 Å². The Labute approximate surface area is 104 Å². The summed E-state index contributed by atoms with van der Waals surface area (Å²) in [6, 6.07) is 6.22. The molecule has 1 aliphatic heterocycles. The third-order valence-electron chi connectivity index (χ3n) is 2.72. The Morgan fingerprint density at radius 1 is 1.38 bits per heavy atom. The third-order valence-corrected chi connectivity index (χ3v) is 3.61. The van der Waals surface area contributed by atoms with E-state index in [4.69, 9.17) is 5.73 Å². The molecule has 0 spiro atoms. The molecule has 1 aliphatic rings. The number of nitrogens with zero attached hydrogens (tertiary/aromatic N) is 2. The van der Waals surface area contributed by atoms with Gasteiger partial charge in [0.1, 0.15) is 5.84 Å². The van der Waals surface area contributed by atoms with Gasteiger partial charge in [-0.1, -0.05) is 28.9 Å². The van der Waals surface area contributed by atoms with Gasteiger partial charge in [0.25, 0.3) is 0 Å². The Bertz CT molecular complexity index is 477. The Morgan fingerprint density at radius 3 is 2.75 bits per heavy atom. The SMILES string of the molecule is Cc1cc(C2=NN=C(N)CC2C)ccc1Br. The van der Waals surface area contributed by atoms with E-state index in [9.17, 15) is 0 Å². The first-order valence-electron chi connectivity index (χ1n) is 5.24. The van der Waals surface area contributed by atoms with E-state index in [1.807, 2.05) is 6.07 Å². The molecule has 2 N–H and O–H groups in total. The van der Waals surface area contributed by atoms with Crippen molar-refractivity contribution < 1.29 is 0 Å². The Kier molecular flexibility index (Phi) is 3.10. The smallest absolute Gasteiger partial charge is 0.123 e. The van der Waals surface area contributed by atoms with Gasteiger partial charge in [0.15, 0.2) is 0 Å². The van der Waals surface area contributed by atoms with Crippen molar-refractivity contribution in [2.45, 2.75) is 20.3 Å². The summed E-state index contributed by atoms with van der Waals surface area (Å²) in [5.74, 6) is 0.947. The lowest BCUT2D eigenvalue weighted by Crippen LogP contribution is -2.25. The monoisotopic (exact) mass is 279 g/mol. The molecule has 0 fully saturated rings. The van der Waals surface area contributed by atoms with Crippen LogP contribution in [0.1, 0.15) is 24.5 Å². The molecule has 84 valence electrons. The molecule has 0 radical (unpaired) electrons. The summed E-state index contributed by atoms with van der Waals surface area (Å²) in [7, 11) is 0. The molecule has 0 amide bonds. The van der Waals surface area contributed by atoms with Gasteiger partial charge in [-0.2, -0.15) is 5.10 Å². The van der Waals surface area contributed by atoms with E-state index >= 15 is 0 Å². The molecule has 1 unspecified atom stereocenters. The molecule has 0 bridgehead atoms. The average Bonchev–Trinajstić information content (AvgIpc) is 2.22. The molecule has 3 nitrogen and oxygen atoms in total. The molecule has 1 heterocycles. The van der Waals surface area contributed by atoms with Gasteiger partial charge < -0.3 is 5.73 Å². The summed E-state index contributed by atoms with van der Waals surface area (Å²) < 4.78 is 1.11. The largest absolute Gasteiger partial charge is 0.386 e. The molecule has 0 aromatic heterocycles. The zero-order valence-corrected chi connectivity index (χ0v) is 11.0. The van der Waals surface area contributed by atoms with Crippen LogP contribution in [0, 0.1) is 12.8 Å². The van der Waals surface area contributed by atoms with E-state index < -0.39 is 0 Å². The number of halogens is 1. The second-order valence-electron chi connectivity index (χ2n) is 4.15. The van der Waals surface area contributed by atoms with Crippen molar-refractivity contribution in [3.8, 4) is 0 Å². The van der Waals surface area contributed by atoms with Crippen molar-refractivity contribution in [3.63, 3.8) is 0 Å². The minimum Gasteiger partial charge on any atom is -0.386 e.